The number of hydrogen-bond acceptors (Lipinski definition) is 4. The van der Waals surface area contributed by atoms with Gasteiger partial charge in [-0.25, -0.2) is 0 Å². The van der Waals surface area contributed by atoms with Crippen molar-refractivity contribution in [2.45, 2.75) is 19.4 Å². The molecule has 4 nitrogen and oxygen atoms in total. The number of pyridine rings is 1. The molecule has 0 aliphatic carbocycles. The van der Waals surface area contributed by atoms with Crippen molar-refractivity contribution in [2.75, 3.05) is 13.2 Å². The molecule has 3 rings (SSSR count). The Labute approximate surface area is 118 Å². The van der Waals surface area contributed by atoms with E-state index >= 15 is 0 Å². The van der Waals surface area contributed by atoms with Gasteiger partial charge in [0.1, 0.15) is 13.2 Å². The SMILES string of the molecule is Cc1cccnc1CC(N)c1ccc2c(c1)OCCO2. The normalized spacial score (nSPS) is 14.9. The first-order valence-corrected chi connectivity index (χ1v) is 6.79. The maximum Gasteiger partial charge on any atom is 0.161 e. The van der Waals surface area contributed by atoms with Crippen LogP contribution in [0.3, 0.4) is 0 Å². The number of fused-ring (bicyclic) bond motifs is 1. The minimum absolute atomic E-state index is 0.0978. The van der Waals surface area contributed by atoms with Gasteiger partial charge in [-0.3, -0.25) is 4.98 Å². The Morgan fingerprint density at radius 2 is 2.00 bits per heavy atom. The average Bonchev–Trinajstić information content (AvgIpc) is 2.49. The molecule has 0 bridgehead atoms. The first-order valence-electron chi connectivity index (χ1n) is 6.79. The number of nitrogens with two attached hydrogens (primary N) is 1. The van der Waals surface area contributed by atoms with E-state index in [4.69, 9.17) is 15.2 Å². The Hall–Kier alpha value is -2.07. The van der Waals surface area contributed by atoms with Gasteiger partial charge in [0.15, 0.2) is 11.5 Å². The van der Waals surface area contributed by atoms with Gasteiger partial charge in [-0.1, -0.05) is 12.1 Å². The van der Waals surface area contributed by atoms with Crippen LogP contribution in [-0.4, -0.2) is 18.2 Å². The predicted molar refractivity (Wildman–Crippen MR) is 77.0 cm³/mol. The molecule has 2 N–H and O–H groups in total. The van der Waals surface area contributed by atoms with Gasteiger partial charge in [0, 0.05) is 24.4 Å². The maximum atomic E-state index is 6.29. The topological polar surface area (TPSA) is 57.4 Å². The number of rotatable bonds is 3. The highest BCUT2D eigenvalue weighted by Gasteiger charge is 2.15. The van der Waals surface area contributed by atoms with Crippen molar-refractivity contribution < 1.29 is 9.47 Å². The second-order valence-electron chi connectivity index (χ2n) is 4.98. The van der Waals surface area contributed by atoms with Crippen molar-refractivity contribution in [3.63, 3.8) is 0 Å². The van der Waals surface area contributed by atoms with Crippen LogP contribution in [0.5, 0.6) is 11.5 Å². The van der Waals surface area contributed by atoms with Crippen LogP contribution >= 0.6 is 0 Å². The van der Waals surface area contributed by atoms with Gasteiger partial charge in [0.2, 0.25) is 0 Å². The Kier molecular flexibility index (Phi) is 3.56. The molecule has 0 amide bonds. The van der Waals surface area contributed by atoms with Gasteiger partial charge in [0.25, 0.3) is 0 Å². The molecule has 1 aromatic carbocycles. The number of hydrogen-bond donors (Lipinski definition) is 1. The Morgan fingerprint density at radius 1 is 1.20 bits per heavy atom. The fourth-order valence-corrected chi connectivity index (χ4v) is 2.35. The lowest BCUT2D eigenvalue weighted by molar-refractivity contribution is 0.171. The highest BCUT2D eigenvalue weighted by molar-refractivity contribution is 5.44. The van der Waals surface area contributed by atoms with Crippen LogP contribution in [0.2, 0.25) is 0 Å². The zero-order valence-corrected chi connectivity index (χ0v) is 11.5. The molecule has 2 aromatic rings. The summed E-state index contributed by atoms with van der Waals surface area (Å²) < 4.78 is 11.1. The first kappa shape index (κ1) is 12.9. The molecule has 1 aliphatic heterocycles. The molecule has 1 unspecified atom stereocenters. The lowest BCUT2D eigenvalue weighted by Gasteiger charge is -2.20. The Morgan fingerprint density at radius 3 is 2.80 bits per heavy atom. The van der Waals surface area contributed by atoms with Gasteiger partial charge in [-0.2, -0.15) is 0 Å². The summed E-state index contributed by atoms with van der Waals surface area (Å²) in [5.74, 6) is 1.57. The van der Waals surface area contributed by atoms with Crippen molar-refractivity contribution in [3.8, 4) is 11.5 Å². The molecular weight excluding hydrogens is 252 g/mol. The minimum Gasteiger partial charge on any atom is -0.486 e. The van der Waals surface area contributed by atoms with Crippen molar-refractivity contribution >= 4 is 0 Å². The number of ether oxygens (including phenoxy) is 2. The van der Waals surface area contributed by atoms with Gasteiger partial charge in [-0.15, -0.1) is 0 Å². The zero-order valence-electron chi connectivity index (χ0n) is 11.5. The van der Waals surface area contributed by atoms with E-state index in [-0.39, 0.29) is 6.04 Å². The van der Waals surface area contributed by atoms with Gasteiger partial charge < -0.3 is 15.2 Å². The zero-order chi connectivity index (χ0) is 13.9. The van der Waals surface area contributed by atoms with E-state index in [0.717, 1.165) is 22.8 Å². The molecule has 0 fully saturated rings. The maximum absolute atomic E-state index is 6.29. The van der Waals surface area contributed by atoms with E-state index in [1.807, 2.05) is 24.3 Å². The Balaban J connectivity index is 1.80. The lowest BCUT2D eigenvalue weighted by Crippen LogP contribution is -2.18. The smallest absolute Gasteiger partial charge is 0.161 e. The monoisotopic (exact) mass is 270 g/mol. The summed E-state index contributed by atoms with van der Waals surface area (Å²) in [6.07, 6.45) is 2.52. The van der Waals surface area contributed by atoms with Gasteiger partial charge >= 0.3 is 0 Å². The fraction of sp³-hybridized carbons (Fsp3) is 0.312. The van der Waals surface area contributed by atoms with E-state index in [2.05, 4.69) is 18.0 Å². The summed E-state index contributed by atoms with van der Waals surface area (Å²) in [4.78, 5) is 4.40. The Bertz CT molecular complexity index is 613. The van der Waals surface area contributed by atoms with E-state index in [0.29, 0.717) is 19.6 Å². The number of aromatic nitrogens is 1. The summed E-state index contributed by atoms with van der Waals surface area (Å²) in [5, 5.41) is 0. The second kappa shape index (κ2) is 5.51. The number of aryl methyl sites for hydroxylation is 1. The largest absolute Gasteiger partial charge is 0.486 e. The third-order valence-corrected chi connectivity index (χ3v) is 3.53. The van der Waals surface area contributed by atoms with Gasteiger partial charge in [0.05, 0.1) is 0 Å². The van der Waals surface area contributed by atoms with Crippen LogP contribution in [-0.2, 0) is 6.42 Å². The standard InChI is InChI=1S/C16H18N2O2/c1-11-3-2-6-18-14(11)10-13(17)12-4-5-15-16(9-12)20-8-7-19-15/h2-6,9,13H,7-8,10,17H2,1H3. The van der Waals surface area contributed by atoms with Crippen LogP contribution in [0, 0.1) is 6.92 Å². The third-order valence-electron chi connectivity index (χ3n) is 3.53. The highest BCUT2D eigenvalue weighted by Crippen LogP contribution is 2.32. The van der Waals surface area contributed by atoms with Crippen molar-refractivity contribution in [1.82, 2.24) is 4.98 Å². The van der Waals surface area contributed by atoms with Crippen LogP contribution in [0.1, 0.15) is 22.9 Å². The van der Waals surface area contributed by atoms with Crippen molar-refractivity contribution in [2.24, 2.45) is 5.73 Å². The third kappa shape index (κ3) is 2.60. The van der Waals surface area contributed by atoms with Crippen LogP contribution in [0.15, 0.2) is 36.5 Å². The van der Waals surface area contributed by atoms with Crippen LogP contribution < -0.4 is 15.2 Å². The lowest BCUT2D eigenvalue weighted by atomic mass is 10.00. The van der Waals surface area contributed by atoms with Crippen LogP contribution in [0.25, 0.3) is 0 Å². The van der Waals surface area contributed by atoms with Crippen molar-refractivity contribution in [3.05, 3.63) is 53.3 Å². The molecule has 0 radical (unpaired) electrons. The average molecular weight is 270 g/mol. The number of benzene rings is 1. The fourth-order valence-electron chi connectivity index (χ4n) is 2.35. The summed E-state index contributed by atoms with van der Waals surface area (Å²) in [5.41, 5.74) is 9.54. The van der Waals surface area contributed by atoms with E-state index in [9.17, 15) is 0 Å². The minimum atomic E-state index is -0.0978. The first-order chi connectivity index (χ1) is 9.74. The predicted octanol–water partition coefficient (Wildman–Crippen LogP) is 2.40. The summed E-state index contributed by atoms with van der Waals surface area (Å²) in [6, 6.07) is 9.79. The second-order valence-corrected chi connectivity index (χ2v) is 4.98. The molecular formula is C16H18N2O2. The molecule has 20 heavy (non-hydrogen) atoms. The molecule has 1 atom stereocenters. The summed E-state index contributed by atoms with van der Waals surface area (Å²) >= 11 is 0. The molecule has 104 valence electrons. The highest BCUT2D eigenvalue weighted by atomic mass is 16.6. The molecule has 4 heteroatoms. The quantitative estimate of drug-likeness (QED) is 0.930. The molecule has 2 heterocycles. The number of nitrogens with zero attached hydrogens (tertiary/aromatic N) is 1. The molecule has 0 saturated heterocycles. The van der Waals surface area contributed by atoms with E-state index in [1.54, 1.807) is 6.20 Å². The summed E-state index contributed by atoms with van der Waals surface area (Å²) in [6.45, 7) is 3.25. The molecule has 1 aliphatic rings. The summed E-state index contributed by atoms with van der Waals surface area (Å²) in [7, 11) is 0. The van der Waals surface area contributed by atoms with Crippen LogP contribution in [0.4, 0.5) is 0 Å². The van der Waals surface area contributed by atoms with E-state index in [1.165, 1.54) is 5.56 Å². The van der Waals surface area contributed by atoms with E-state index < -0.39 is 0 Å². The van der Waals surface area contributed by atoms with Crippen molar-refractivity contribution in [1.29, 1.82) is 0 Å². The molecule has 0 saturated carbocycles. The molecule has 0 spiro atoms. The van der Waals surface area contributed by atoms with Gasteiger partial charge in [-0.05, 0) is 36.2 Å². The molecule has 1 aromatic heterocycles.